The predicted octanol–water partition coefficient (Wildman–Crippen LogP) is 0.888. The molecule has 3 atom stereocenters. The molecular formula is C16H29N3O2. The van der Waals surface area contributed by atoms with Gasteiger partial charge in [-0.2, -0.15) is 0 Å². The number of piperidine rings is 1. The summed E-state index contributed by atoms with van der Waals surface area (Å²) < 4.78 is 5.56. The van der Waals surface area contributed by atoms with E-state index in [1.54, 1.807) is 0 Å². The molecule has 0 saturated carbocycles. The van der Waals surface area contributed by atoms with Gasteiger partial charge in [-0.05, 0) is 51.6 Å². The number of rotatable bonds is 5. The van der Waals surface area contributed by atoms with E-state index in [9.17, 15) is 4.79 Å². The summed E-state index contributed by atoms with van der Waals surface area (Å²) in [5.41, 5.74) is 0. The zero-order valence-electron chi connectivity index (χ0n) is 13.0. The van der Waals surface area contributed by atoms with E-state index >= 15 is 0 Å². The molecule has 3 aliphatic rings. The van der Waals surface area contributed by atoms with Gasteiger partial charge in [0.25, 0.3) is 0 Å². The minimum atomic E-state index is 0.162. The Labute approximate surface area is 127 Å². The van der Waals surface area contributed by atoms with Crippen LogP contribution in [0, 0.1) is 0 Å². The molecule has 3 rings (SSSR count). The first kappa shape index (κ1) is 15.3. The number of carbonyl (C=O) groups excluding carboxylic acids is 1. The number of nitrogens with one attached hydrogen (secondary N) is 2. The smallest absolute Gasteiger partial charge is 0.234 e. The van der Waals surface area contributed by atoms with Crippen LogP contribution in [-0.2, 0) is 9.53 Å². The van der Waals surface area contributed by atoms with Gasteiger partial charge in [-0.1, -0.05) is 6.42 Å². The maximum absolute atomic E-state index is 12.2. The van der Waals surface area contributed by atoms with E-state index in [1.165, 1.54) is 32.1 Å². The molecule has 2 N–H and O–H groups in total. The van der Waals surface area contributed by atoms with Crippen LogP contribution < -0.4 is 10.6 Å². The first-order valence-corrected chi connectivity index (χ1v) is 8.68. The highest BCUT2D eigenvalue weighted by Gasteiger charge is 2.32. The molecule has 3 fully saturated rings. The standard InChI is InChI=1S/C16H29N3O2/c20-16(18-11-13-5-4-10-21-13)12-19-9-2-1-7-15(19)14-6-3-8-17-14/h13-15,17H,1-12H2,(H,18,20). The van der Waals surface area contributed by atoms with Crippen molar-refractivity contribution in [3.8, 4) is 0 Å². The third-order valence-electron chi connectivity index (χ3n) is 5.12. The highest BCUT2D eigenvalue weighted by Crippen LogP contribution is 2.23. The van der Waals surface area contributed by atoms with Gasteiger partial charge >= 0.3 is 0 Å². The van der Waals surface area contributed by atoms with Crippen molar-refractivity contribution in [3.63, 3.8) is 0 Å². The second-order valence-corrected chi connectivity index (χ2v) is 6.68. The van der Waals surface area contributed by atoms with E-state index in [2.05, 4.69) is 15.5 Å². The molecule has 21 heavy (non-hydrogen) atoms. The Morgan fingerprint density at radius 3 is 2.90 bits per heavy atom. The Bertz CT molecular complexity index is 338. The Morgan fingerprint density at radius 2 is 2.14 bits per heavy atom. The zero-order chi connectivity index (χ0) is 14.5. The third-order valence-corrected chi connectivity index (χ3v) is 5.12. The molecule has 1 amide bonds. The lowest BCUT2D eigenvalue weighted by Crippen LogP contribution is -2.53. The molecule has 0 aromatic heterocycles. The van der Waals surface area contributed by atoms with Crippen molar-refractivity contribution in [2.45, 2.75) is 63.1 Å². The lowest BCUT2D eigenvalue weighted by molar-refractivity contribution is -0.123. The maximum atomic E-state index is 12.2. The van der Waals surface area contributed by atoms with E-state index in [1.807, 2.05) is 0 Å². The minimum absolute atomic E-state index is 0.162. The summed E-state index contributed by atoms with van der Waals surface area (Å²) in [7, 11) is 0. The average Bonchev–Trinajstić information content (AvgIpc) is 3.19. The number of ether oxygens (including phenoxy) is 1. The van der Waals surface area contributed by atoms with E-state index in [0.717, 1.165) is 32.5 Å². The normalized spacial score (nSPS) is 34.2. The van der Waals surface area contributed by atoms with Crippen LogP contribution in [-0.4, -0.2) is 61.8 Å². The fraction of sp³-hybridized carbons (Fsp3) is 0.938. The Balaban J connectivity index is 1.45. The number of hydrogen-bond donors (Lipinski definition) is 2. The lowest BCUT2D eigenvalue weighted by Gasteiger charge is -2.38. The summed E-state index contributed by atoms with van der Waals surface area (Å²) in [4.78, 5) is 14.6. The fourth-order valence-electron chi connectivity index (χ4n) is 3.98. The lowest BCUT2D eigenvalue weighted by atomic mass is 9.94. The molecule has 3 aliphatic heterocycles. The first-order chi connectivity index (χ1) is 10.3. The molecule has 0 bridgehead atoms. The van der Waals surface area contributed by atoms with Crippen LogP contribution in [0.1, 0.15) is 44.9 Å². The highest BCUT2D eigenvalue weighted by molar-refractivity contribution is 5.78. The van der Waals surface area contributed by atoms with Crippen molar-refractivity contribution in [2.24, 2.45) is 0 Å². The second-order valence-electron chi connectivity index (χ2n) is 6.68. The number of nitrogens with zero attached hydrogens (tertiary/aromatic N) is 1. The second kappa shape index (κ2) is 7.56. The highest BCUT2D eigenvalue weighted by atomic mass is 16.5. The van der Waals surface area contributed by atoms with Crippen LogP contribution in [0.3, 0.4) is 0 Å². The SMILES string of the molecule is O=C(CN1CCCCC1C1CCCN1)NCC1CCCO1. The largest absolute Gasteiger partial charge is 0.376 e. The molecule has 0 aromatic carbocycles. The van der Waals surface area contributed by atoms with Crippen molar-refractivity contribution in [3.05, 3.63) is 0 Å². The van der Waals surface area contributed by atoms with E-state index in [0.29, 0.717) is 25.2 Å². The Kier molecular flexibility index (Phi) is 5.49. The van der Waals surface area contributed by atoms with Gasteiger partial charge in [0, 0.05) is 25.2 Å². The number of likely N-dealkylation sites (tertiary alicyclic amines) is 1. The zero-order valence-corrected chi connectivity index (χ0v) is 13.0. The summed E-state index contributed by atoms with van der Waals surface area (Å²) >= 11 is 0. The van der Waals surface area contributed by atoms with Crippen LogP contribution in [0.25, 0.3) is 0 Å². The molecule has 0 aromatic rings. The molecule has 120 valence electrons. The summed E-state index contributed by atoms with van der Waals surface area (Å²) in [5, 5.41) is 6.67. The van der Waals surface area contributed by atoms with Gasteiger partial charge in [0.1, 0.15) is 0 Å². The Hall–Kier alpha value is -0.650. The monoisotopic (exact) mass is 295 g/mol. The number of hydrogen-bond acceptors (Lipinski definition) is 4. The Morgan fingerprint density at radius 1 is 1.19 bits per heavy atom. The van der Waals surface area contributed by atoms with Gasteiger partial charge in [-0.15, -0.1) is 0 Å². The summed E-state index contributed by atoms with van der Waals surface area (Å²) in [6.07, 6.45) is 8.75. The van der Waals surface area contributed by atoms with Crippen LogP contribution in [0.5, 0.6) is 0 Å². The van der Waals surface area contributed by atoms with Crippen LogP contribution >= 0.6 is 0 Å². The molecule has 0 aliphatic carbocycles. The topological polar surface area (TPSA) is 53.6 Å². The maximum Gasteiger partial charge on any atom is 0.234 e. The van der Waals surface area contributed by atoms with Gasteiger partial charge in [-0.25, -0.2) is 0 Å². The average molecular weight is 295 g/mol. The fourth-order valence-corrected chi connectivity index (χ4v) is 3.98. The van der Waals surface area contributed by atoms with Crippen molar-refractivity contribution < 1.29 is 9.53 Å². The molecule has 5 heteroatoms. The van der Waals surface area contributed by atoms with Gasteiger partial charge in [0.15, 0.2) is 0 Å². The van der Waals surface area contributed by atoms with Crippen molar-refractivity contribution in [1.29, 1.82) is 0 Å². The van der Waals surface area contributed by atoms with Crippen molar-refractivity contribution >= 4 is 5.91 Å². The molecule has 0 spiro atoms. The predicted molar refractivity (Wildman–Crippen MR) is 82.2 cm³/mol. The van der Waals surface area contributed by atoms with Crippen LogP contribution in [0.2, 0.25) is 0 Å². The summed E-state index contributed by atoms with van der Waals surface area (Å²) in [6, 6.07) is 1.14. The van der Waals surface area contributed by atoms with Crippen molar-refractivity contribution in [2.75, 3.05) is 32.8 Å². The number of amides is 1. The van der Waals surface area contributed by atoms with Gasteiger partial charge in [0.05, 0.1) is 12.6 Å². The molecular weight excluding hydrogens is 266 g/mol. The van der Waals surface area contributed by atoms with E-state index < -0.39 is 0 Å². The molecule has 0 radical (unpaired) electrons. The first-order valence-electron chi connectivity index (χ1n) is 8.68. The van der Waals surface area contributed by atoms with E-state index in [4.69, 9.17) is 4.74 Å². The molecule has 3 saturated heterocycles. The molecule has 3 heterocycles. The van der Waals surface area contributed by atoms with Crippen molar-refractivity contribution in [1.82, 2.24) is 15.5 Å². The number of carbonyl (C=O) groups is 1. The molecule has 5 nitrogen and oxygen atoms in total. The quantitative estimate of drug-likeness (QED) is 0.791. The molecule has 3 unspecified atom stereocenters. The summed E-state index contributed by atoms with van der Waals surface area (Å²) in [6.45, 7) is 4.28. The van der Waals surface area contributed by atoms with Crippen LogP contribution in [0.4, 0.5) is 0 Å². The third kappa shape index (κ3) is 4.18. The van der Waals surface area contributed by atoms with Gasteiger partial charge < -0.3 is 15.4 Å². The van der Waals surface area contributed by atoms with Crippen LogP contribution in [0.15, 0.2) is 0 Å². The summed E-state index contributed by atoms with van der Waals surface area (Å²) in [5.74, 6) is 0.162. The minimum Gasteiger partial charge on any atom is -0.376 e. The van der Waals surface area contributed by atoms with Gasteiger partial charge in [-0.3, -0.25) is 9.69 Å². The van der Waals surface area contributed by atoms with Gasteiger partial charge in [0.2, 0.25) is 5.91 Å². The van der Waals surface area contributed by atoms with E-state index in [-0.39, 0.29) is 12.0 Å².